The van der Waals surface area contributed by atoms with Crippen molar-refractivity contribution in [2.75, 3.05) is 5.32 Å². The maximum Gasteiger partial charge on any atom is 0.328 e. The fourth-order valence-corrected chi connectivity index (χ4v) is 4.67. The fraction of sp³-hybridized carbons (Fsp3) is 0.136. The molecule has 0 aliphatic carbocycles. The largest absolute Gasteiger partial charge is 0.494 e. The number of aromatic amines is 2. The summed E-state index contributed by atoms with van der Waals surface area (Å²) in [6, 6.07) is 11.8. The van der Waals surface area contributed by atoms with Gasteiger partial charge in [0, 0.05) is 22.2 Å². The second kappa shape index (κ2) is 10.4. The lowest BCUT2D eigenvalue weighted by atomic mass is 10.0. The van der Waals surface area contributed by atoms with E-state index in [1.165, 1.54) is 0 Å². The number of aromatic hydroxyl groups is 1. The van der Waals surface area contributed by atoms with Crippen LogP contribution in [0, 0.1) is 0 Å². The highest BCUT2D eigenvalue weighted by Gasteiger charge is 2.33. The van der Waals surface area contributed by atoms with Crippen molar-refractivity contribution in [2.45, 2.75) is 17.7 Å². The third-order valence-electron chi connectivity index (χ3n) is 4.92. The predicted octanol–water partition coefficient (Wildman–Crippen LogP) is 2.78. The zero-order valence-corrected chi connectivity index (χ0v) is 20.0. The Morgan fingerprint density at radius 2 is 1.83 bits per heavy atom. The number of carbonyl (C=O) groups is 2. The van der Waals surface area contributed by atoms with Crippen molar-refractivity contribution in [3.8, 4) is 5.88 Å². The number of aromatic nitrogens is 2. The Morgan fingerprint density at radius 1 is 1.09 bits per heavy atom. The van der Waals surface area contributed by atoms with Crippen molar-refractivity contribution >= 4 is 57.6 Å². The third-order valence-corrected chi connectivity index (χ3v) is 6.50. The van der Waals surface area contributed by atoms with E-state index in [1.54, 1.807) is 48.5 Å². The van der Waals surface area contributed by atoms with Gasteiger partial charge in [-0.15, -0.1) is 0 Å². The SMILES string of the molecule is O=C(C[C@@H]1SC(=N[C@@H](c2cccc(Cl)c2)c2c(O)[nH]c(=O)[nH]c2=O)NC1=O)Nc1ccc(Cl)cc1. The number of amides is 2. The molecule has 1 aliphatic heterocycles. The highest BCUT2D eigenvalue weighted by molar-refractivity contribution is 8.15. The third kappa shape index (κ3) is 5.94. The maximum absolute atomic E-state index is 12.5. The van der Waals surface area contributed by atoms with Crippen molar-refractivity contribution in [3.05, 3.63) is 90.5 Å². The molecule has 2 aromatic carbocycles. The molecule has 0 unspecified atom stereocenters. The Kier molecular flexibility index (Phi) is 7.29. The van der Waals surface area contributed by atoms with E-state index in [9.17, 15) is 24.3 Å². The van der Waals surface area contributed by atoms with Crippen LogP contribution in [0.15, 0.2) is 63.1 Å². The normalized spacial score (nSPS) is 17.3. The molecule has 5 N–H and O–H groups in total. The number of carbonyl (C=O) groups excluding carboxylic acids is 2. The fourth-order valence-electron chi connectivity index (χ4n) is 3.35. The van der Waals surface area contributed by atoms with Crippen LogP contribution in [0.1, 0.15) is 23.6 Å². The van der Waals surface area contributed by atoms with Crippen LogP contribution >= 0.6 is 35.0 Å². The molecule has 35 heavy (non-hydrogen) atoms. The molecule has 0 bridgehead atoms. The molecule has 1 fully saturated rings. The topological polar surface area (TPSA) is 157 Å². The summed E-state index contributed by atoms with van der Waals surface area (Å²) in [4.78, 5) is 57.6. The summed E-state index contributed by atoms with van der Waals surface area (Å²) in [5.74, 6) is -1.49. The molecule has 0 saturated carbocycles. The Morgan fingerprint density at radius 3 is 2.51 bits per heavy atom. The number of rotatable bonds is 6. The van der Waals surface area contributed by atoms with Crippen LogP contribution in [0.2, 0.25) is 10.0 Å². The van der Waals surface area contributed by atoms with Gasteiger partial charge in [-0.2, -0.15) is 0 Å². The van der Waals surface area contributed by atoms with Gasteiger partial charge < -0.3 is 15.7 Å². The summed E-state index contributed by atoms with van der Waals surface area (Å²) < 4.78 is 0. The van der Waals surface area contributed by atoms with Crippen LogP contribution < -0.4 is 21.9 Å². The van der Waals surface area contributed by atoms with Gasteiger partial charge in [0.25, 0.3) is 5.56 Å². The number of aliphatic imine (C=N–C) groups is 1. The van der Waals surface area contributed by atoms with E-state index in [-0.39, 0.29) is 23.1 Å². The second-order valence-electron chi connectivity index (χ2n) is 7.42. The number of hydrogen-bond donors (Lipinski definition) is 5. The summed E-state index contributed by atoms with van der Waals surface area (Å²) in [5.41, 5.74) is -1.02. The van der Waals surface area contributed by atoms with Crippen molar-refractivity contribution < 1.29 is 14.7 Å². The number of halogens is 2. The number of anilines is 1. The van der Waals surface area contributed by atoms with Gasteiger partial charge in [0.15, 0.2) is 5.17 Å². The number of H-pyrrole nitrogens is 2. The number of thioether (sulfide) groups is 1. The van der Waals surface area contributed by atoms with Gasteiger partial charge in [-0.3, -0.25) is 24.4 Å². The van der Waals surface area contributed by atoms with Crippen LogP contribution in [-0.2, 0) is 9.59 Å². The maximum atomic E-state index is 12.5. The quantitative estimate of drug-likeness (QED) is 0.328. The molecule has 0 radical (unpaired) electrons. The number of amidine groups is 1. The average molecular weight is 534 g/mol. The summed E-state index contributed by atoms with van der Waals surface area (Å²) in [5, 5.41) is 15.8. The minimum Gasteiger partial charge on any atom is -0.494 e. The molecule has 4 rings (SSSR count). The summed E-state index contributed by atoms with van der Waals surface area (Å²) in [6.45, 7) is 0. The van der Waals surface area contributed by atoms with Crippen molar-refractivity contribution in [1.82, 2.24) is 15.3 Å². The van der Waals surface area contributed by atoms with E-state index in [0.717, 1.165) is 11.8 Å². The van der Waals surface area contributed by atoms with Crippen molar-refractivity contribution in [1.29, 1.82) is 0 Å². The molecule has 1 aliphatic rings. The molecule has 10 nitrogen and oxygen atoms in total. The molecule has 0 spiro atoms. The zero-order chi connectivity index (χ0) is 25.1. The van der Waals surface area contributed by atoms with Gasteiger partial charge >= 0.3 is 5.69 Å². The monoisotopic (exact) mass is 533 g/mol. The van der Waals surface area contributed by atoms with E-state index in [0.29, 0.717) is 21.3 Å². The molecular formula is C22H17Cl2N5O5S. The molecule has 2 atom stereocenters. The minimum absolute atomic E-state index is 0.134. The van der Waals surface area contributed by atoms with Gasteiger partial charge in [0.1, 0.15) is 16.9 Å². The Hall–Kier alpha value is -3.54. The van der Waals surface area contributed by atoms with E-state index >= 15 is 0 Å². The van der Waals surface area contributed by atoms with Crippen LogP contribution in [-0.4, -0.2) is 37.3 Å². The van der Waals surface area contributed by atoms with Crippen LogP contribution in [0.3, 0.4) is 0 Å². The average Bonchev–Trinajstić information content (AvgIpc) is 3.12. The molecular weight excluding hydrogens is 517 g/mol. The first-order valence-corrected chi connectivity index (χ1v) is 11.7. The van der Waals surface area contributed by atoms with Crippen LogP contribution in [0.4, 0.5) is 5.69 Å². The van der Waals surface area contributed by atoms with Crippen molar-refractivity contribution in [3.63, 3.8) is 0 Å². The second-order valence-corrected chi connectivity index (χ2v) is 9.48. The van der Waals surface area contributed by atoms with E-state index in [2.05, 4.69) is 25.6 Å². The smallest absolute Gasteiger partial charge is 0.328 e. The lowest BCUT2D eigenvalue weighted by molar-refractivity contribution is -0.122. The predicted molar refractivity (Wildman–Crippen MR) is 134 cm³/mol. The van der Waals surface area contributed by atoms with E-state index in [4.69, 9.17) is 23.2 Å². The standard InChI is InChI=1S/C22H17Cl2N5O5S/c23-11-4-6-13(7-5-11)25-15(30)9-14-18(31)29-22(35-14)26-17(10-2-1-3-12(24)8-10)16-19(32)27-21(34)28-20(16)33/h1-8,14,17H,9H2,(H,25,30)(H,26,29,31)(H3,27,28,32,33,34)/t14-,17-/m0/s1. The number of benzene rings is 2. The molecule has 3 aromatic rings. The first kappa shape index (κ1) is 24.6. The Labute approximate surface area is 211 Å². The number of hydrogen-bond acceptors (Lipinski definition) is 7. The minimum atomic E-state index is -1.11. The van der Waals surface area contributed by atoms with Gasteiger partial charge in [-0.25, -0.2) is 9.79 Å². The number of nitrogens with one attached hydrogen (secondary N) is 4. The molecule has 180 valence electrons. The lowest BCUT2D eigenvalue weighted by Gasteiger charge is -2.14. The van der Waals surface area contributed by atoms with Crippen molar-refractivity contribution in [2.24, 2.45) is 4.99 Å². The highest BCUT2D eigenvalue weighted by Crippen LogP contribution is 2.32. The highest BCUT2D eigenvalue weighted by atomic mass is 35.5. The lowest BCUT2D eigenvalue weighted by Crippen LogP contribution is -2.29. The zero-order valence-electron chi connectivity index (χ0n) is 17.7. The van der Waals surface area contributed by atoms with Gasteiger partial charge in [-0.05, 0) is 42.0 Å². The molecule has 2 amide bonds. The first-order valence-electron chi connectivity index (χ1n) is 10.1. The van der Waals surface area contributed by atoms with E-state index in [1.807, 2.05) is 0 Å². The van der Waals surface area contributed by atoms with Gasteiger partial charge in [0.2, 0.25) is 17.7 Å². The van der Waals surface area contributed by atoms with Gasteiger partial charge in [0.05, 0.1) is 0 Å². The van der Waals surface area contributed by atoms with Crippen LogP contribution in [0.25, 0.3) is 0 Å². The summed E-state index contributed by atoms with van der Waals surface area (Å²) in [7, 11) is 0. The molecule has 13 heteroatoms. The molecule has 1 aromatic heterocycles. The number of nitrogens with zero attached hydrogens (tertiary/aromatic N) is 1. The summed E-state index contributed by atoms with van der Waals surface area (Å²) in [6.07, 6.45) is -0.134. The molecule has 1 saturated heterocycles. The molecule has 2 heterocycles. The Balaban J connectivity index is 1.59. The van der Waals surface area contributed by atoms with E-state index < -0.39 is 34.3 Å². The first-order chi connectivity index (χ1) is 16.7. The van der Waals surface area contributed by atoms with Gasteiger partial charge in [-0.1, -0.05) is 47.1 Å². The Bertz CT molecular complexity index is 1440. The summed E-state index contributed by atoms with van der Waals surface area (Å²) >= 11 is 12.9. The van der Waals surface area contributed by atoms with Crippen LogP contribution in [0.5, 0.6) is 5.88 Å².